The summed E-state index contributed by atoms with van der Waals surface area (Å²) in [5, 5.41) is 4.24. The highest BCUT2D eigenvalue weighted by Gasteiger charge is 2.35. The van der Waals surface area contributed by atoms with Gasteiger partial charge < -0.3 is 14.4 Å². The summed E-state index contributed by atoms with van der Waals surface area (Å²) in [7, 11) is 3.60. The molecule has 2 aromatic rings. The first-order valence-electron chi connectivity index (χ1n) is 8.91. The largest absolute Gasteiger partial charge is 0.490 e. The lowest BCUT2D eigenvalue weighted by molar-refractivity contribution is -0.132. The van der Waals surface area contributed by atoms with Crippen molar-refractivity contribution < 1.29 is 14.3 Å². The summed E-state index contributed by atoms with van der Waals surface area (Å²) in [6.07, 6.45) is 7.23. The number of rotatable bonds is 7. The molecule has 0 spiro atoms. The van der Waals surface area contributed by atoms with Crippen molar-refractivity contribution in [2.75, 3.05) is 20.3 Å². The van der Waals surface area contributed by atoms with Crippen LogP contribution in [0.3, 0.4) is 0 Å². The summed E-state index contributed by atoms with van der Waals surface area (Å²) < 4.78 is 13.1. The molecule has 1 aliphatic heterocycles. The van der Waals surface area contributed by atoms with Gasteiger partial charge in [0, 0.05) is 39.0 Å². The lowest BCUT2D eigenvalue weighted by Crippen LogP contribution is -2.39. The van der Waals surface area contributed by atoms with E-state index in [9.17, 15) is 4.79 Å². The lowest BCUT2D eigenvalue weighted by atomic mass is 10.1. The molecule has 1 saturated heterocycles. The van der Waals surface area contributed by atoms with Crippen LogP contribution >= 0.6 is 0 Å². The Morgan fingerprint density at radius 1 is 1.38 bits per heavy atom. The van der Waals surface area contributed by atoms with Crippen LogP contribution in [-0.2, 0) is 23.0 Å². The van der Waals surface area contributed by atoms with E-state index in [2.05, 4.69) is 10.1 Å². The topological polar surface area (TPSA) is 69.5 Å². The highest BCUT2D eigenvalue weighted by Crippen LogP contribution is 2.23. The summed E-state index contributed by atoms with van der Waals surface area (Å²) >= 11 is 0. The van der Waals surface area contributed by atoms with E-state index in [0.717, 1.165) is 17.7 Å². The molecule has 1 aliphatic rings. The Kier molecular flexibility index (Phi) is 5.88. The van der Waals surface area contributed by atoms with Crippen LogP contribution in [0.4, 0.5) is 0 Å². The van der Waals surface area contributed by atoms with Gasteiger partial charge in [-0.1, -0.05) is 0 Å². The first-order valence-corrected chi connectivity index (χ1v) is 8.91. The van der Waals surface area contributed by atoms with Crippen LogP contribution < -0.4 is 4.74 Å². The molecule has 0 aliphatic carbocycles. The van der Waals surface area contributed by atoms with Crippen molar-refractivity contribution in [3.63, 3.8) is 0 Å². The van der Waals surface area contributed by atoms with Crippen molar-refractivity contribution in [3.8, 4) is 5.75 Å². The van der Waals surface area contributed by atoms with Gasteiger partial charge in [-0.25, -0.2) is 0 Å². The zero-order chi connectivity index (χ0) is 18.5. The number of nitrogens with zero attached hydrogens (tertiary/aromatic N) is 4. The molecule has 7 heteroatoms. The van der Waals surface area contributed by atoms with Crippen molar-refractivity contribution in [3.05, 3.63) is 42.0 Å². The van der Waals surface area contributed by atoms with E-state index in [0.29, 0.717) is 31.7 Å². The van der Waals surface area contributed by atoms with Crippen molar-refractivity contribution in [1.29, 1.82) is 0 Å². The third kappa shape index (κ3) is 4.22. The Morgan fingerprint density at radius 2 is 2.23 bits per heavy atom. The zero-order valence-electron chi connectivity index (χ0n) is 15.6. The number of ether oxygens (including phenoxy) is 2. The van der Waals surface area contributed by atoms with Gasteiger partial charge in [0.2, 0.25) is 5.91 Å². The molecular weight excluding hydrogens is 332 g/mol. The number of aromatic nitrogens is 3. The van der Waals surface area contributed by atoms with Crippen molar-refractivity contribution in [2.24, 2.45) is 7.05 Å². The standard InChI is InChI=1S/C19H26N4O3/c1-14-15(10-21-22(14)2)6-7-19(24)23-12-18(25-3)9-16(23)13-26-17-5-4-8-20-11-17/h4-5,8,10-11,16,18H,6-7,9,12-13H2,1-3H3/t16-,18+/m0/s1. The monoisotopic (exact) mass is 358 g/mol. The quantitative estimate of drug-likeness (QED) is 0.754. The highest BCUT2D eigenvalue weighted by molar-refractivity contribution is 5.77. The molecule has 0 N–H and O–H groups in total. The summed E-state index contributed by atoms with van der Waals surface area (Å²) in [6, 6.07) is 3.72. The van der Waals surface area contributed by atoms with Crippen LogP contribution in [0.1, 0.15) is 24.1 Å². The van der Waals surface area contributed by atoms with Gasteiger partial charge in [-0.3, -0.25) is 14.5 Å². The number of hydrogen-bond donors (Lipinski definition) is 0. The number of methoxy groups -OCH3 is 1. The van der Waals surface area contributed by atoms with Crippen LogP contribution in [0, 0.1) is 6.92 Å². The van der Waals surface area contributed by atoms with E-state index in [1.165, 1.54) is 0 Å². The fraction of sp³-hybridized carbons (Fsp3) is 0.526. The molecule has 2 aromatic heterocycles. The zero-order valence-corrected chi connectivity index (χ0v) is 15.6. The maximum Gasteiger partial charge on any atom is 0.223 e. The first-order chi connectivity index (χ1) is 12.6. The Hall–Kier alpha value is -2.41. The van der Waals surface area contributed by atoms with Gasteiger partial charge in [0.1, 0.15) is 12.4 Å². The van der Waals surface area contributed by atoms with Gasteiger partial charge in [-0.15, -0.1) is 0 Å². The van der Waals surface area contributed by atoms with E-state index in [1.54, 1.807) is 19.5 Å². The SMILES string of the molecule is CO[C@@H]1C[C@@H](COc2cccnc2)N(C(=O)CCc2cnn(C)c2C)C1. The molecule has 1 fully saturated rings. The van der Waals surface area contributed by atoms with Crippen molar-refractivity contribution in [1.82, 2.24) is 19.7 Å². The minimum absolute atomic E-state index is 0.0163. The van der Waals surface area contributed by atoms with E-state index in [-0.39, 0.29) is 18.1 Å². The fourth-order valence-electron chi connectivity index (χ4n) is 3.31. The average molecular weight is 358 g/mol. The molecular formula is C19H26N4O3. The summed E-state index contributed by atoms with van der Waals surface area (Å²) in [5.41, 5.74) is 2.22. The third-order valence-electron chi connectivity index (χ3n) is 5.05. The summed E-state index contributed by atoms with van der Waals surface area (Å²) in [5.74, 6) is 0.847. The highest BCUT2D eigenvalue weighted by atomic mass is 16.5. The number of likely N-dealkylation sites (tertiary alicyclic amines) is 1. The number of carbonyl (C=O) groups excluding carboxylic acids is 1. The molecule has 3 rings (SSSR count). The van der Waals surface area contributed by atoms with Gasteiger partial charge in [0.25, 0.3) is 0 Å². The number of amides is 1. The van der Waals surface area contributed by atoms with E-state index in [1.807, 2.05) is 41.9 Å². The molecule has 0 bridgehead atoms. The van der Waals surface area contributed by atoms with Crippen molar-refractivity contribution >= 4 is 5.91 Å². The average Bonchev–Trinajstić information content (AvgIpc) is 3.23. The smallest absolute Gasteiger partial charge is 0.223 e. The molecule has 140 valence electrons. The van der Waals surface area contributed by atoms with Gasteiger partial charge in [-0.05, 0) is 37.5 Å². The third-order valence-corrected chi connectivity index (χ3v) is 5.05. The molecule has 0 aromatic carbocycles. The van der Waals surface area contributed by atoms with Gasteiger partial charge in [0.15, 0.2) is 0 Å². The number of hydrogen-bond acceptors (Lipinski definition) is 5. The van der Waals surface area contributed by atoms with E-state index < -0.39 is 0 Å². The van der Waals surface area contributed by atoms with E-state index >= 15 is 0 Å². The predicted molar refractivity (Wildman–Crippen MR) is 96.9 cm³/mol. The van der Waals surface area contributed by atoms with Crippen LogP contribution in [-0.4, -0.2) is 58.0 Å². The van der Waals surface area contributed by atoms with Gasteiger partial charge in [-0.2, -0.15) is 5.10 Å². The summed E-state index contributed by atoms with van der Waals surface area (Å²) in [4.78, 5) is 18.7. The Balaban J connectivity index is 1.59. The maximum absolute atomic E-state index is 12.8. The van der Waals surface area contributed by atoms with Crippen LogP contribution in [0.5, 0.6) is 5.75 Å². The molecule has 1 amide bonds. The van der Waals surface area contributed by atoms with E-state index in [4.69, 9.17) is 9.47 Å². The second-order valence-corrected chi connectivity index (χ2v) is 6.67. The Bertz CT molecular complexity index is 732. The van der Waals surface area contributed by atoms with Crippen LogP contribution in [0.25, 0.3) is 0 Å². The Morgan fingerprint density at radius 3 is 2.88 bits per heavy atom. The molecule has 26 heavy (non-hydrogen) atoms. The minimum atomic E-state index is 0.0163. The molecule has 0 unspecified atom stereocenters. The van der Waals surface area contributed by atoms with Crippen LogP contribution in [0.15, 0.2) is 30.7 Å². The molecule has 0 radical (unpaired) electrons. The predicted octanol–water partition coefficient (Wildman–Crippen LogP) is 1.75. The molecule has 2 atom stereocenters. The first kappa shape index (κ1) is 18.4. The number of pyridine rings is 1. The second-order valence-electron chi connectivity index (χ2n) is 6.67. The number of aryl methyl sites for hydroxylation is 2. The van der Waals surface area contributed by atoms with Crippen molar-refractivity contribution in [2.45, 2.75) is 38.3 Å². The fourth-order valence-corrected chi connectivity index (χ4v) is 3.31. The number of carbonyl (C=O) groups is 1. The maximum atomic E-state index is 12.8. The molecule has 3 heterocycles. The minimum Gasteiger partial charge on any atom is -0.490 e. The Labute approximate surface area is 153 Å². The second kappa shape index (κ2) is 8.31. The lowest BCUT2D eigenvalue weighted by Gasteiger charge is -2.24. The van der Waals surface area contributed by atoms with Gasteiger partial charge >= 0.3 is 0 Å². The normalized spacial score (nSPS) is 19.7. The molecule has 0 saturated carbocycles. The van der Waals surface area contributed by atoms with Gasteiger partial charge in [0.05, 0.1) is 24.5 Å². The summed E-state index contributed by atoms with van der Waals surface area (Å²) in [6.45, 7) is 3.08. The molecule has 7 nitrogen and oxygen atoms in total. The van der Waals surface area contributed by atoms with Crippen LogP contribution in [0.2, 0.25) is 0 Å².